The van der Waals surface area contributed by atoms with Crippen molar-refractivity contribution >= 4 is 34.5 Å². The molecule has 6 heteroatoms. The molecule has 2 rings (SSSR count). The molecule has 0 aliphatic rings. The first-order chi connectivity index (χ1) is 9.47. The van der Waals surface area contributed by atoms with Gasteiger partial charge in [0.2, 0.25) is 0 Å². The molecule has 2 aromatic rings. The van der Waals surface area contributed by atoms with Gasteiger partial charge in [0, 0.05) is 5.56 Å². The number of hydrogen-bond donors (Lipinski definition) is 1. The maximum Gasteiger partial charge on any atom is 0.161 e. The topological polar surface area (TPSA) is 44.5 Å². The summed E-state index contributed by atoms with van der Waals surface area (Å²) in [7, 11) is 3.20. The van der Waals surface area contributed by atoms with Crippen molar-refractivity contribution in [3.8, 4) is 11.5 Å². The molecule has 108 valence electrons. The van der Waals surface area contributed by atoms with Gasteiger partial charge in [-0.05, 0) is 36.2 Å². The fraction of sp³-hybridized carbons (Fsp3) is 0.286. The highest BCUT2D eigenvalue weighted by Crippen LogP contribution is 2.39. The van der Waals surface area contributed by atoms with E-state index in [0.29, 0.717) is 20.2 Å². The summed E-state index contributed by atoms with van der Waals surface area (Å²) in [6, 6.07) is 5.22. The largest absolute Gasteiger partial charge is 0.493 e. The average molecular weight is 332 g/mol. The molecule has 2 N–H and O–H groups in total. The summed E-state index contributed by atoms with van der Waals surface area (Å²) in [6.45, 7) is 1.97. The lowest BCUT2D eigenvalue weighted by atomic mass is 9.97. The molecule has 0 aliphatic heterocycles. The summed E-state index contributed by atoms with van der Waals surface area (Å²) >= 11 is 13.5. The van der Waals surface area contributed by atoms with Crippen LogP contribution in [0.25, 0.3) is 0 Å². The molecule has 3 nitrogen and oxygen atoms in total. The number of thiophene rings is 1. The van der Waals surface area contributed by atoms with Crippen LogP contribution in [0, 0.1) is 6.92 Å². The number of benzene rings is 1. The minimum Gasteiger partial charge on any atom is -0.493 e. The molecular formula is C14H15Cl2NO2S. The summed E-state index contributed by atoms with van der Waals surface area (Å²) in [4.78, 5) is 0. The van der Waals surface area contributed by atoms with Gasteiger partial charge < -0.3 is 15.2 Å². The van der Waals surface area contributed by atoms with Gasteiger partial charge in [-0.2, -0.15) is 0 Å². The van der Waals surface area contributed by atoms with Gasteiger partial charge in [-0.15, -0.1) is 11.3 Å². The molecule has 1 heterocycles. The van der Waals surface area contributed by atoms with Gasteiger partial charge in [0.15, 0.2) is 11.5 Å². The van der Waals surface area contributed by atoms with E-state index in [0.717, 1.165) is 16.7 Å². The lowest BCUT2D eigenvalue weighted by molar-refractivity contribution is 0.354. The lowest BCUT2D eigenvalue weighted by Crippen LogP contribution is -2.13. The molecule has 0 fully saturated rings. The normalized spacial score (nSPS) is 12.3. The fourth-order valence-corrected chi connectivity index (χ4v) is 3.61. The van der Waals surface area contributed by atoms with Crippen molar-refractivity contribution in [2.75, 3.05) is 14.2 Å². The van der Waals surface area contributed by atoms with Gasteiger partial charge in [0.1, 0.15) is 0 Å². The number of nitrogens with two attached hydrogens (primary N) is 1. The zero-order valence-corrected chi connectivity index (χ0v) is 13.7. The predicted octanol–water partition coefficient (Wildman–Crippen LogP) is 4.43. The van der Waals surface area contributed by atoms with Crippen LogP contribution in [0.15, 0.2) is 18.2 Å². The average Bonchev–Trinajstić information content (AvgIpc) is 2.76. The number of methoxy groups -OCH3 is 2. The Hall–Kier alpha value is -0.940. The summed E-state index contributed by atoms with van der Waals surface area (Å²) in [6.07, 6.45) is 0. The number of ether oxygens (including phenoxy) is 2. The van der Waals surface area contributed by atoms with E-state index in [4.69, 9.17) is 38.4 Å². The number of hydrogen-bond acceptors (Lipinski definition) is 4. The van der Waals surface area contributed by atoms with E-state index in [1.54, 1.807) is 20.3 Å². The van der Waals surface area contributed by atoms with Crippen LogP contribution in [0.5, 0.6) is 11.5 Å². The molecule has 0 saturated heterocycles. The van der Waals surface area contributed by atoms with Crippen LogP contribution >= 0.6 is 34.5 Å². The Balaban J connectivity index is 2.49. The predicted molar refractivity (Wildman–Crippen MR) is 84.7 cm³/mol. The van der Waals surface area contributed by atoms with Gasteiger partial charge in [0.25, 0.3) is 0 Å². The second-order valence-electron chi connectivity index (χ2n) is 4.32. The Morgan fingerprint density at radius 2 is 1.65 bits per heavy atom. The maximum atomic E-state index is 6.31. The summed E-state index contributed by atoms with van der Waals surface area (Å²) in [5.74, 6) is 1.32. The van der Waals surface area contributed by atoms with E-state index in [-0.39, 0.29) is 6.04 Å². The summed E-state index contributed by atoms with van der Waals surface area (Å²) in [5, 5.41) is 0. The quantitative estimate of drug-likeness (QED) is 0.901. The zero-order chi connectivity index (χ0) is 14.9. The van der Waals surface area contributed by atoms with Gasteiger partial charge in [-0.25, -0.2) is 0 Å². The minimum absolute atomic E-state index is 0.356. The van der Waals surface area contributed by atoms with E-state index in [1.165, 1.54) is 11.3 Å². The summed E-state index contributed by atoms with van der Waals surface area (Å²) < 4.78 is 11.8. The second-order valence-corrected chi connectivity index (χ2v) is 6.61. The fourth-order valence-electron chi connectivity index (χ4n) is 2.06. The van der Waals surface area contributed by atoms with Crippen LogP contribution in [-0.4, -0.2) is 14.2 Å². The van der Waals surface area contributed by atoms with Crippen molar-refractivity contribution in [1.82, 2.24) is 0 Å². The summed E-state index contributed by atoms with van der Waals surface area (Å²) in [5.41, 5.74) is 9.07. The van der Waals surface area contributed by atoms with Crippen molar-refractivity contribution in [3.63, 3.8) is 0 Å². The van der Waals surface area contributed by atoms with Gasteiger partial charge in [-0.3, -0.25) is 0 Å². The molecule has 0 amide bonds. The van der Waals surface area contributed by atoms with E-state index >= 15 is 0 Å². The second kappa shape index (κ2) is 6.22. The smallest absolute Gasteiger partial charge is 0.161 e. The monoisotopic (exact) mass is 331 g/mol. The Bertz CT molecular complexity index is 628. The van der Waals surface area contributed by atoms with Crippen LogP contribution < -0.4 is 15.2 Å². The molecule has 0 aliphatic carbocycles. The van der Waals surface area contributed by atoms with Crippen molar-refractivity contribution in [2.24, 2.45) is 5.73 Å². The molecule has 0 radical (unpaired) electrons. The number of rotatable bonds is 4. The third-order valence-corrected chi connectivity index (χ3v) is 4.64. The SMILES string of the molecule is COc1cc(C)c(C(N)c2cc(Cl)sc2Cl)cc1OC. The molecule has 0 bridgehead atoms. The van der Waals surface area contributed by atoms with E-state index in [1.807, 2.05) is 19.1 Å². The van der Waals surface area contributed by atoms with Gasteiger partial charge in [0.05, 0.1) is 28.9 Å². The molecule has 1 unspecified atom stereocenters. The minimum atomic E-state index is -0.356. The first-order valence-electron chi connectivity index (χ1n) is 5.90. The van der Waals surface area contributed by atoms with E-state index < -0.39 is 0 Å². The number of halogens is 2. The van der Waals surface area contributed by atoms with E-state index in [9.17, 15) is 0 Å². The van der Waals surface area contributed by atoms with Crippen LogP contribution in [0.2, 0.25) is 8.67 Å². The number of aryl methyl sites for hydroxylation is 1. The molecule has 20 heavy (non-hydrogen) atoms. The van der Waals surface area contributed by atoms with Crippen molar-refractivity contribution in [1.29, 1.82) is 0 Å². The highest BCUT2D eigenvalue weighted by atomic mass is 35.5. The Labute approximate surface area is 132 Å². The molecule has 0 saturated carbocycles. The highest BCUT2D eigenvalue weighted by Gasteiger charge is 2.19. The molecule has 1 aromatic heterocycles. The van der Waals surface area contributed by atoms with Crippen LogP contribution in [0.1, 0.15) is 22.7 Å². The highest BCUT2D eigenvalue weighted by molar-refractivity contribution is 7.20. The van der Waals surface area contributed by atoms with Crippen molar-refractivity contribution < 1.29 is 9.47 Å². The van der Waals surface area contributed by atoms with Gasteiger partial charge in [-0.1, -0.05) is 23.2 Å². The zero-order valence-electron chi connectivity index (χ0n) is 11.4. The van der Waals surface area contributed by atoms with Gasteiger partial charge >= 0.3 is 0 Å². The third-order valence-electron chi connectivity index (χ3n) is 3.13. The van der Waals surface area contributed by atoms with Crippen LogP contribution in [0.3, 0.4) is 0 Å². The standard InChI is InChI=1S/C14H15Cl2NO2S/c1-7-4-10(18-2)11(19-3)5-8(7)13(17)9-6-12(15)20-14(9)16/h4-6,13H,17H2,1-3H3. The van der Waals surface area contributed by atoms with E-state index in [2.05, 4.69) is 0 Å². The molecular weight excluding hydrogens is 317 g/mol. The maximum absolute atomic E-state index is 6.31. The van der Waals surface area contributed by atoms with Crippen LogP contribution in [0.4, 0.5) is 0 Å². The molecule has 1 aromatic carbocycles. The Morgan fingerprint density at radius 1 is 1.05 bits per heavy atom. The first-order valence-corrected chi connectivity index (χ1v) is 7.48. The lowest BCUT2D eigenvalue weighted by Gasteiger charge is -2.17. The van der Waals surface area contributed by atoms with Crippen molar-refractivity contribution in [2.45, 2.75) is 13.0 Å². The Morgan fingerprint density at radius 3 is 2.15 bits per heavy atom. The van der Waals surface area contributed by atoms with Crippen LogP contribution in [-0.2, 0) is 0 Å². The molecule has 0 spiro atoms. The molecule has 1 atom stereocenters. The van der Waals surface area contributed by atoms with Crippen molar-refractivity contribution in [3.05, 3.63) is 43.6 Å². The first kappa shape index (κ1) is 15.4. The third kappa shape index (κ3) is 2.88. The Kier molecular flexibility index (Phi) is 4.81.